The smallest absolute Gasteiger partial charge is 0.327 e. The molecule has 4 amide bonds. The standard InChI is InChI=1S/C18H27N7O8S/c19-9(1-2-14(27)28)15(29)23-10(3-8-5-21-7-22-8)16(30)24-11(4-13(20)26)17(31)25-12(6-34)18(32)33/h5,7,9-12,34H,1-4,6,19H2,(H2,20,26)(H,21,22)(H,23,29)(H,24,30)(H,25,31)(H,27,28)(H,32,33). The lowest BCUT2D eigenvalue weighted by Crippen LogP contribution is -2.58. The highest BCUT2D eigenvalue weighted by Gasteiger charge is 2.31. The third-order valence-corrected chi connectivity index (χ3v) is 4.82. The average molecular weight is 502 g/mol. The van der Waals surface area contributed by atoms with Crippen LogP contribution in [-0.2, 0) is 35.2 Å². The van der Waals surface area contributed by atoms with E-state index in [0.29, 0.717) is 5.69 Å². The van der Waals surface area contributed by atoms with E-state index in [1.807, 2.05) is 0 Å². The second-order valence-corrected chi connectivity index (χ2v) is 7.56. The van der Waals surface area contributed by atoms with E-state index >= 15 is 0 Å². The summed E-state index contributed by atoms with van der Waals surface area (Å²) in [5, 5.41) is 24.6. The number of aromatic amines is 1. The van der Waals surface area contributed by atoms with Gasteiger partial charge in [0.25, 0.3) is 0 Å². The largest absolute Gasteiger partial charge is 0.481 e. The highest BCUT2D eigenvalue weighted by molar-refractivity contribution is 7.80. The number of carboxylic acids is 2. The summed E-state index contributed by atoms with van der Waals surface area (Å²) in [5.74, 6) is -6.49. The Morgan fingerprint density at radius 2 is 1.59 bits per heavy atom. The quantitative estimate of drug-likeness (QED) is 0.107. The highest BCUT2D eigenvalue weighted by atomic mass is 32.1. The number of primary amides is 1. The van der Waals surface area contributed by atoms with E-state index in [2.05, 4.69) is 38.5 Å². The first-order chi connectivity index (χ1) is 15.9. The molecule has 0 radical (unpaired) electrons. The Balaban J connectivity index is 3.01. The van der Waals surface area contributed by atoms with Gasteiger partial charge in [0.15, 0.2) is 0 Å². The van der Waals surface area contributed by atoms with Crippen LogP contribution in [0, 0.1) is 0 Å². The Kier molecular flexibility index (Phi) is 11.5. The van der Waals surface area contributed by atoms with Crippen LogP contribution >= 0.6 is 12.6 Å². The number of aliphatic carboxylic acids is 2. The fraction of sp³-hybridized carbons (Fsp3) is 0.500. The Morgan fingerprint density at radius 3 is 2.09 bits per heavy atom. The van der Waals surface area contributed by atoms with Gasteiger partial charge in [-0.05, 0) is 6.42 Å². The van der Waals surface area contributed by atoms with E-state index in [4.69, 9.17) is 21.7 Å². The topological polar surface area (TPSA) is 260 Å². The van der Waals surface area contributed by atoms with Gasteiger partial charge in [-0.3, -0.25) is 24.0 Å². The van der Waals surface area contributed by atoms with Crippen molar-refractivity contribution in [3.05, 3.63) is 18.2 Å². The first-order valence-electron chi connectivity index (χ1n) is 9.92. The zero-order valence-electron chi connectivity index (χ0n) is 17.9. The van der Waals surface area contributed by atoms with E-state index < -0.39 is 66.2 Å². The molecular weight excluding hydrogens is 474 g/mol. The van der Waals surface area contributed by atoms with Crippen LogP contribution in [0.1, 0.15) is 25.0 Å². The van der Waals surface area contributed by atoms with E-state index in [1.54, 1.807) is 0 Å². The minimum atomic E-state index is -1.55. The molecule has 1 heterocycles. The Bertz CT molecular complexity index is 895. The zero-order chi connectivity index (χ0) is 25.8. The van der Waals surface area contributed by atoms with Gasteiger partial charge in [-0.25, -0.2) is 9.78 Å². The molecule has 0 aliphatic carbocycles. The van der Waals surface area contributed by atoms with Crippen LogP contribution in [0.25, 0.3) is 0 Å². The molecule has 0 saturated carbocycles. The number of rotatable bonds is 15. The van der Waals surface area contributed by atoms with Crippen LogP contribution in [0.3, 0.4) is 0 Å². The summed E-state index contributed by atoms with van der Waals surface area (Å²) in [7, 11) is 0. The molecule has 0 aromatic carbocycles. The monoisotopic (exact) mass is 501 g/mol. The number of aromatic nitrogens is 2. The predicted molar refractivity (Wildman–Crippen MR) is 118 cm³/mol. The minimum Gasteiger partial charge on any atom is -0.481 e. The first kappa shape index (κ1) is 28.4. The number of hydrogen-bond acceptors (Lipinski definition) is 9. The maximum Gasteiger partial charge on any atom is 0.327 e. The number of imidazole rings is 1. The van der Waals surface area contributed by atoms with Crippen LogP contribution in [0.5, 0.6) is 0 Å². The van der Waals surface area contributed by atoms with Crippen molar-refractivity contribution in [1.82, 2.24) is 25.9 Å². The molecule has 1 rings (SSSR count). The third kappa shape index (κ3) is 9.86. The maximum absolute atomic E-state index is 12.9. The normalized spacial score (nSPS) is 14.2. The van der Waals surface area contributed by atoms with Crippen molar-refractivity contribution in [1.29, 1.82) is 0 Å². The van der Waals surface area contributed by atoms with Gasteiger partial charge in [0.2, 0.25) is 23.6 Å². The maximum atomic E-state index is 12.9. The molecule has 16 heteroatoms. The van der Waals surface area contributed by atoms with E-state index in [1.165, 1.54) is 12.5 Å². The summed E-state index contributed by atoms with van der Waals surface area (Å²) >= 11 is 3.83. The molecular formula is C18H27N7O8S. The number of thiol groups is 1. The molecule has 4 atom stereocenters. The third-order valence-electron chi connectivity index (χ3n) is 4.45. The van der Waals surface area contributed by atoms with Crippen molar-refractivity contribution in [2.45, 2.75) is 49.9 Å². The molecule has 15 nitrogen and oxygen atoms in total. The van der Waals surface area contributed by atoms with Gasteiger partial charge in [-0.2, -0.15) is 12.6 Å². The van der Waals surface area contributed by atoms with Gasteiger partial charge in [0, 0.05) is 30.5 Å². The Labute approximate surface area is 198 Å². The van der Waals surface area contributed by atoms with E-state index in [0.717, 1.165) is 0 Å². The van der Waals surface area contributed by atoms with Crippen LogP contribution in [0.15, 0.2) is 12.5 Å². The lowest BCUT2D eigenvalue weighted by molar-refractivity contribution is -0.142. The molecule has 0 saturated heterocycles. The minimum absolute atomic E-state index is 0.122. The van der Waals surface area contributed by atoms with Crippen molar-refractivity contribution in [3.8, 4) is 0 Å². The number of carboxylic acid groups (broad SMARTS) is 2. The van der Waals surface area contributed by atoms with Crippen LogP contribution in [-0.4, -0.2) is 85.7 Å². The number of nitrogens with one attached hydrogen (secondary N) is 4. The fourth-order valence-electron chi connectivity index (χ4n) is 2.65. The summed E-state index contributed by atoms with van der Waals surface area (Å²) in [6.07, 6.45) is 1.38. The molecule has 0 bridgehead atoms. The van der Waals surface area contributed by atoms with Gasteiger partial charge in [-0.15, -0.1) is 0 Å². The first-order valence-corrected chi connectivity index (χ1v) is 10.6. The molecule has 188 valence electrons. The number of amides is 4. The molecule has 0 aliphatic rings. The van der Waals surface area contributed by atoms with Gasteiger partial charge in [-0.1, -0.05) is 0 Å². The highest BCUT2D eigenvalue weighted by Crippen LogP contribution is 2.04. The van der Waals surface area contributed by atoms with Crippen LogP contribution in [0.4, 0.5) is 0 Å². The number of carbonyl (C=O) groups is 6. The average Bonchev–Trinajstić information content (AvgIpc) is 3.26. The number of nitrogens with zero attached hydrogens (tertiary/aromatic N) is 1. The van der Waals surface area contributed by atoms with Crippen molar-refractivity contribution >= 4 is 48.2 Å². The van der Waals surface area contributed by atoms with Crippen molar-refractivity contribution in [3.63, 3.8) is 0 Å². The number of carbonyl (C=O) groups excluding carboxylic acids is 4. The summed E-state index contributed by atoms with van der Waals surface area (Å²) in [6.45, 7) is 0. The molecule has 34 heavy (non-hydrogen) atoms. The number of nitrogens with two attached hydrogens (primary N) is 2. The van der Waals surface area contributed by atoms with Gasteiger partial charge in [0.1, 0.15) is 18.1 Å². The molecule has 1 aromatic heterocycles. The molecule has 0 spiro atoms. The lowest BCUT2D eigenvalue weighted by Gasteiger charge is -2.24. The zero-order valence-corrected chi connectivity index (χ0v) is 18.8. The fourth-order valence-corrected chi connectivity index (χ4v) is 2.90. The summed E-state index contributed by atoms with van der Waals surface area (Å²) in [4.78, 5) is 77.6. The van der Waals surface area contributed by atoms with Gasteiger partial charge in [0.05, 0.1) is 18.8 Å². The van der Waals surface area contributed by atoms with Crippen LogP contribution in [0.2, 0.25) is 0 Å². The van der Waals surface area contributed by atoms with Crippen LogP contribution < -0.4 is 27.4 Å². The lowest BCUT2D eigenvalue weighted by atomic mass is 10.1. The molecule has 1 aromatic rings. The van der Waals surface area contributed by atoms with Crippen molar-refractivity contribution in [2.24, 2.45) is 11.5 Å². The van der Waals surface area contributed by atoms with Crippen molar-refractivity contribution in [2.75, 3.05) is 5.75 Å². The molecule has 4 unspecified atom stereocenters. The molecule has 0 aliphatic heterocycles. The van der Waals surface area contributed by atoms with Crippen molar-refractivity contribution < 1.29 is 39.0 Å². The Morgan fingerprint density at radius 1 is 1.00 bits per heavy atom. The molecule has 10 N–H and O–H groups in total. The second-order valence-electron chi connectivity index (χ2n) is 7.19. The Hall–Kier alpha value is -3.66. The second kappa shape index (κ2) is 13.8. The SMILES string of the molecule is NC(=O)CC(NC(=O)C(Cc1cnc[nH]1)NC(=O)C(N)CCC(=O)O)C(=O)NC(CS)C(=O)O. The number of hydrogen-bond donors (Lipinski definition) is 9. The van der Waals surface area contributed by atoms with E-state index in [-0.39, 0.29) is 25.0 Å². The summed E-state index contributed by atoms with van der Waals surface area (Å²) in [5.41, 5.74) is 11.3. The van der Waals surface area contributed by atoms with Gasteiger partial charge >= 0.3 is 11.9 Å². The summed E-state index contributed by atoms with van der Waals surface area (Å²) in [6, 6.07) is -5.49. The predicted octanol–water partition coefficient (Wildman–Crippen LogP) is -3.51. The number of H-pyrrole nitrogens is 1. The summed E-state index contributed by atoms with van der Waals surface area (Å²) < 4.78 is 0. The molecule has 0 fully saturated rings. The van der Waals surface area contributed by atoms with E-state index in [9.17, 15) is 28.8 Å². The van der Waals surface area contributed by atoms with Gasteiger partial charge < -0.3 is 42.6 Å².